The Bertz CT molecular complexity index is 1190. The van der Waals surface area contributed by atoms with Gasteiger partial charge in [0, 0.05) is 37.8 Å². The van der Waals surface area contributed by atoms with Crippen molar-refractivity contribution in [1.82, 2.24) is 14.9 Å². The predicted octanol–water partition coefficient (Wildman–Crippen LogP) is 5.25. The summed E-state index contributed by atoms with van der Waals surface area (Å²) in [5.41, 5.74) is 5.73. The van der Waals surface area contributed by atoms with Crippen molar-refractivity contribution in [3.8, 4) is 0 Å². The van der Waals surface area contributed by atoms with Gasteiger partial charge in [0.15, 0.2) is 11.6 Å². The van der Waals surface area contributed by atoms with Crippen molar-refractivity contribution < 1.29 is 27.1 Å². The number of ether oxygens (including phenoxy) is 1. The third kappa shape index (κ3) is 7.28. The summed E-state index contributed by atoms with van der Waals surface area (Å²) >= 11 is 0. The molecule has 4 rings (SSSR count). The van der Waals surface area contributed by atoms with E-state index in [2.05, 4.69) is 15.3 Å². The number of nitrogens with one attached hydrogen (secondary N) is 1. The number of rotatable bonds is 7. The third-order valence-electron chi connectivity index (χ3n) is 7.06. The van der Waals surface area contributed by atoms with Crippen LogP contribution >= 0.6 is 0 Å². The van der Waals surface area contributed by atoms with Gasteiger partial charge in [-0.25, -0.2) is 14.8 Å². The summed E-state index contributed by atoms with van der Waals surface area (Å²) in [7, 11) is 0. The van der Waals surface area contributed by atoms with E-state index in [1.807, 2.05) is 20.8 Å². The number of hydrogen-bond donors (Lipinski definition) is 2. The molecule has 0 atom stereocenters. The minimum absolute atomic E-state index is 0.00851. The number of halogens is 4. The number of aryl methyl sites for hydroxylation is 1. The molecular formula is C27H36F4N6O2. The molecule has 0 spiro atoms. The van der Waals surface area contributed by atoms with Crippen LogP contribution < -0.4 is 16.0 Å². The van der Waals surface area contributed by atoms with Gasteiger partial charge in [-0.15, -0.1) is 0 Å². The van der Waals surface area contributed by atoms with E-state index >= 15 is 4.39 Å². The van der Waals surface area contributed by atoms with Crippen LogP contribution in [0.25, 0.3) is 0 Å². The van der Waals surface area contributed by atoms with Crippen molar-refractivity contribution in [2.75, 3.05) is 29.9 Å². The maximum atomic E-state index is 15.7. The zero-order chi connectivity index (χ0) is 28.6. The number of carbonyl (C=O) groups excluding carboxylic acids is 1. The molecule has 0 unspecified atom stereocenters. The topological polar surface area (TPSA) is 96.6 Å². The molecular weight excluding hydrogens is 516 g/mol. The van der Waals surface area contributed by atoms with Crippen LogP contribution in [0.1, 0.15) is 63.1 Å². The van der Waals surface area contributed by atoms with Crippen molar-refractivity contribution in [1.29, 1.82) is 0 Å². The molecule has 2 heterocycles. The zero-order valence-corrected chi connectivity index (χ0v) is 22.7. The third-order valence-corrected chi connectivity index (χ3v) is 7.06. The minimum Gasteiger partial charge on any atom is -0.444 e. The highest BCUT2D eigenvalue weighted by molar-refractivity contribution is 5.68. The van der Waals surface area contributed by atoms with E-state index in [0.29, 0.717) is 37.1 Å². The molecule has 1 amide bonds. The van der Waals surface area contributed by atoms with Gasteiger partial charge in [0.25, 0.3) is 0 Å². The summed E-state index contributed by atoms with van der Waals surface area (Å²) in [6, 6.07) is 3.64. The van der Waals surface area contributed by atoms with Gasteiger partial charge in [-0.2, -0.15) is 17.6 Å². The van der Waals surface area contributed by atoms with E-state index in [1.165, 1.54) is 12.4 Å². The molecule has 1 saturated carbocycles. The van der Waals surface area contributed by atoms with Gasteiger partial charge in [-0.05, 0) is 76.6 Å². The molecule has 214 valence electrons. The zero-order valence-electron chi connectivity index (χ0n) is 22.7. The van der Waals surface area contributed by atoms with E-state index in [-0.39, 0.29) is 36.9 Å². The van der Waals surface area contributed by atoms with E-state index in [9.17, 15) is 18.0 Å². The Hall–Kier alpha value is -3.15. The lowest BCUT2D eigenvalue weighted by Gasteiger charge is -2.39. The molecule has 0 radical (unpaired) electrons. The van der Waals surface area contributed by atoms with Crippen LogP contribution in [0.15, 0.2) is 24.5 Å². The number of alkyl halides is 3. The first-order valence-corrected chi connectivity index (χ1v) is 13.1. The fourth-order valence-corrected chi connectivity index (χ4v) is 4.58. The van der Waals surface area contributed by atoms with Crippen LogP contribution in [0, 0.1) is 12.7 Å². The Kier molecular flexibility index (Phi) is 7.98. The van der Waals surface area contributed by atoms with Crippen LogP contribution in [0.5, 0.6) is 0 Å². The van der Waals surface area contributed by atoms with Crippen molar-refractivity contribution >= 4 is 17.7 Å². The van der Waals surface area contributed by atoms with Crippen LogP contribution in [0.2, 0.25) is 0 Å². The van der Waals surface area contributed by atoms with Gasteiger partial charge in [-0.1, -0.05) is 6.07 Å². The Morgan fingerprint density at radius 3 is 2.44 bits per heavy atom. The summed E-state index contributed by atoms with van der Waals surface area (Å²) in [5.74, 6) is -0.530. The fourth-order valence-electron chi connectivity index (χ4n) is 4.58. The molecule has 2 aromatic rings. The first-order valence-electron chi connectivity index (χ1n) is 13.1. The van der Waals surface area contributed by atoms with Gasteiger partial charge in [0.05, 0.1) is 5.56 Å². The van der Waals surface area contributed by atoms with Gasteiger partial charge in [-0.3, -0.25) is 0 Å². The lowest BCUT2D eigenvalue weighted by molar-refractivity contribution is -0.137. The molecule has 8 nitrogen and oxygen atoms in total. The number of hydrogen-bond acceptors (Lipinski definition) is 7. The average Bonchev–Trinajstić information content (AvgIpc) is 3.67. The Labute approximate surface area is 225 Å². The molecule has 1 saturated heterocycles. The number of anilines is 2. The maximum Gasteiger partial charge on any atom is 0.416 e. The fraction of sp³-hybridized carbons (Fsp3) is 0.593. The molecule has 1 aliphatic heterocycles. The summed E-state index contributed by atoms with van der Waals surface area (Å²) in [6.07, 6.45) is -0.860. The van der Waals surface area contributed by atoms with E-state index in [1.54, 1.807) is 16.7 Å². The number of aromatic nitrogens is 2. The first-order chi connectivity index (χ1) is 18.2. The number of piperidine rings is 1. The van der Waals surface area contributed by atoms with E-state index in [0.717, 1.165) is 25.0 Å². The lowest BCUT2D eigenvalue weighted by Crippen LogP contribution is -2.56. The van der Waals surface area contributed by atoms with Crippen LogP contribution in [0.3, 0.4) is 0 Å². The highest BCUT2D eigenvalue weighted by Crippen LogP contribution is 2.36. The maximum absolute atomic E-state index is 15.7. The van der Waals surface area contributed by atoms with E-state index < -0.39 is 28.7 Å². The van der Waals surface area contributed by atoms with Crippen LogP contribution in [-0.2, 0) is 17.5 Å². The Morgan fingerprint density at radius 2 is 1.87 bits per heavy atom. The smallest absolute Gasteiger partial charge is 0.416 e. The predicted molar refractivity (Wildman–Crippen MR) is 140 cm³/mol. The number of benzene rings is 1. The number of amides is 1. The van der Waals surface area contributed by atoms with Crippen LogP contribution in [0.4, 0.5) is 34.0 Å². The standard InChI is InChI=1S/C27H36F4N6O2/c1-17-13-19(27(29,30)31)6-5-18(17)14-37(20-7-8-20)23-21(28)22(34-16-35-23)33-15-26(32)9-11-36(12-10-26)24(38)39-25(2,3)4/h5-6,13,16,20H,7-12,14-15,32H2,1-4H3,(H,33,34,35). The second kappa shape index (κ2) is 10.8. The molecule has 1 aromatic heterocycles. The summed E-state index contributed by atoms with van der Waals surface area (Å²) in [6.45, 7) is 8.36. The summed E-state index contributed by atoms with van der Waals surface area (Å²) < 4.78 is 60.4. The van der Waals surface area contributed by atoms with Gasteiger partial charge < -0.3 is 25.6 Å². The average molecular weight is 553 g/mol. The second-order valence-corrected chi connectivity index (χ2v) is 11.5. The van der Waals surface area contributed by atoms with Crippen molar-refractivity contribution in [2.24, 2.45) is 5.73 Å². The quantitative estimate of drug-likeness (QED) is 0.453. The van der Waals surface area contributed by atoms with Gasteiger partial charge in [0.1, 0.15) is 11.9 Å². The lowest BCUT2D eigenvalue weighted by atomic mass is 9.88. The minimum atomic E-state index is -4.43. The number of carbonyl (C=O) groups is 1. The number of likely N-dealkylation sites (tertiary alicyclic amines) is 1. The molecule has 3 N–H and O–H groups in total. The Balaban J connectivity index is 1.43. The normalized spacial score (nSPS) is 17.6. The van der Waals surface area contributed by atoms with Crippen molar-refractivity contribution in [2.45, 2.75) is 83.3 Å². The molecule has 1 aromatic carbocycles. The van der Waals surface area contributed by atoms with Gasteiger partial charge in [0.2, 0.25) is 5.82 Å². The number of nitrogens with two attached hydrogens (primary N) is 1. The molecule has 39 heavy (non-hydrogen) atoms. The molecule has 0 bridgehead atoms. The largest absolute Gasteiger partial charge is 0.444 e. The van der Waals surface area contributed by atoms with E-state index in [4.69, 9.17) is 10.5 Å². The molecule has 1 aliphatic carbocycles. The molecule has 2 fully saturated rings. The Morgan fingerprint density at radius 1 is 1.21 bits per heavy atom. The van der Waals surface area contributed by atoms with Crippen molar-refractivity contribution in [3.63, 3.8) is 0 Å². The molecule has 12 heteroatoms. The monoisotopic (exact) mass is 552 g/mol. The highest BCUT2D eigenvalue weighted by atomic mass is 19.4. The first kappa shape index (κ1) is 28.8. The molecule has 2 aliphatic rings. The van der Waals surface area contributed by atoms with Crippen LogP contribution in [-0.4, -0.2) is 57.8 Å². The summed E-state index contributed by atoms with van der Waals surface area (Å²) in [5, 5.41) is 3.02. The van der Waals surface area contributed by atoms with Gasteiger partial charge >= 0.3 is 12.3 Å². The number of nitrogens with zero attached hydrogens (tertiary/aromatic N) is 4. The SMILES string of the molecule is Cc1cc(C(F)(F)F)ccc1CN(c1ncnc(NCC2(N)CCN(C(=O)OC(C)(C)C)CC2)c1F)C1CC1. The second-order valence-electron chi connectivity index (χ2n) is 11.5. The summed E-state index contributed by atoms with van der Waals surface area (Å²) in [4.78, 5) is 24.0. The highest BCUT2D eigenvalue weighted by Gasteiger charge is 2.36. The van der Waals surface area contributed by atoms with Crippen molar-refractivity contribution in [3.05, 3.63) is 47.0 Å².